The maximum Gasteiger partial charge on any atom is 0.391 e. The molecule has 0 saturated heterocycles. The van der Waals surface area contributed by atoms with Gasteiger partial charge in [-0.1, -0.05) is 6.92 Å². The maximum absolute atomic E-state index is 12.1. The molecule has 0 aliphatic heterocycles. The smallest absolute Gasteiger partial charge is 0.171 e. The third-order valence-corrected chi connectivity index (χ3v) is 2.63. The van der Waals surface area contributed by atoms with Crippen molar-refractivity contribution < 1.29 is 26.3 Å². The minimum absolute atomic E-state index is 0.0419. The molecule has 0 heterocycles. The summed E-state index contributed by atoms with van der Waals surface area (Å²) in [5.41, 5.74) is 0. The minimum Gasteiger partial charge on any atom is -0.171 e. The van der Waals surface area contributed by atoms with Crippen LogP contribution in [0.15, 0.2) is 0 Å². The van der Waals surface area contributed by atoms with E-state index in [4.69, 9.17) is 0 Å². The van der Waals surface area contributed by atoms with Gasteiger partial charge in [0.05, 0.1) is 5.92 Å². The average molecular weight is 220 g/mol. The molecule has 3 unspecified atom stereocenters. The normalized spacial score (nSPS) is 30.2. The summed E-state index contributed by atoms with van der Waals surface area (Å²) in [7, 11) is 0. The van der Waals surface area contributed by atoms with Crippen molar-refractivity contribution in [1.29, 1.82) is 0 Å². The lowest BCUT2D eigenvalue weighted by Crippen LogP contribution is -2.23. The molecule has 0 aromatic carbocycles. The van der Waals surface area contributed by atoms with Crippen molar-refractivity contribution in [3.8, 4) is 0 Å². The zero-order valence-corrected chi connectivity index (χ0v) is 7.41. The van der Waals surface area contributed by atoms with Gasteiger partial charge < -0.3 is 0 Å². The van der Waals surface area contributed by atoms with Gasteiger partial charge in [-0.25, -0.2) is 0 Å². The third-order valence-electron chi connectivity index (χ3n) is 2.63. The Morgan fingerprint density at radius 3 is 2.00 bits per heavy atom. The van der Waals surface area contributed by atoms with Crippen LogP contribution in [0.4, 0.5) is 26.3 Å². The zero-order valence-electron chi connectivity index (χ0n) is 7.41. The highest BCUT2D eigenvalue weighted by atomic mass is 19.4. The zero-order chi connectivity index (χ0) is 11.1. The molecule has 1 saturated carbocycles. The highest BCUT2D eigenvalue weighted by molar-refractivity contribution is 4.93. The number of alkyl halides is 6. The van der Waals surface area contributed by atoms with Crippen LogP contribution in [-0.2, 0) is 0 Å². The van der Waals surface area contributed by atoms with Gasteiger partial charge >= 0.3 is 12.4 Å². The molecule has 0 N–H and O–H groups in total. The van der Waals surface area contributed by atoms with Crippen molar-refractivity contribution in [2.75, 3.05) is 0 Å². The summed E-state index contributed by atoms with van der Waals surface area (Å²) < 4.78 is 71.6. The minimum atomic E-state index is -4.37. The molecule has 84 valence electrons. The van der Waals surface area contributed by atoms with Crippen LogP contribution >= 0.6 is 0 Å². The van der Waals surface area contributed by atoms with E-state index in [1.54, 1.807) is 0 Å². The molecule has 3 atom stereocenters. The van der Waals surface area contributed by atoms with Crippen molar-refractivity contribution in [1.82, 2.24) is 0 Å². The van der Waals surface area contributed by atoms with Gasteiger partial charge in [0.2, 0.25) is 0 Å². The second-order valence-electron chi connectivity index (χ2n) is 3.81. The van der Waals surface area contributed by atoms with Crippen LogP contribution in [0.25, 0.3) is 0 Å². The van der Waals surface area contributed by atoms with Crippen LogP contribution in [0, 0.1) is 17.8 Å². The summed E-state index contributed by atoms with van der Waals surface area (Å²) >= 11 is 0. The van der Waals surface area contributed by atoms with E-state index in [1.165, 1.54) is 0 Å². The van der Waals surface area contributed by atoms with Crippen LogP contribution in [0.1, 0.15) is 19.8 Å². The Bertz CT molecular complexity index is 203. The molecule has 0 aromatic rings. The summed E-state index contributed by atoms with van der Waals surface area (Å²) in [4.78, 5) is 0. The first-order valence-electron chi connectivity index (χ1n) is 4.24. The van der Waals surface area contributed by atoms with E-state index in [0.29, 0.717) is 0 Å². The van der Waals surface area contributed by atoms with Crippen LogP contribution in [0.2, 0.25) is 0 Å². The highest BCUT2D eigenvalue weighted by Crippen LogP contribution is 2.53. The Balaban J connectivity index is 2.40. The molecule has 1 aliphatic rings. The van der Waals surface area contributed by atoms with Gasteiger partial charge in [-0.15, -0.1) is 0 Å². The van der Waals surface area contributed by atoms with E-state index in [-0.39, 0.29) is 6.42 Å². The number of halogens is 6. The first-order valence-corrected chi connectivity index (χ1v) is 4.24. The Labute approximate surface area is 77.3 Å². The second-order valence-corrected chi connectivity index (χ2v) is 3.81. The van der Waals surface area contributed by atoms with E-state index in [1.807, 2.05) is 0 Å². The van der Waals surface area contributed by atoms with E-state index in [0.717, 1.165) is 6.92 Å². The molecule has 0 aromatic heterocycles. The lowest BCUT2D eigenvalue weighted by molar-refractivity contribution is -0.179. The van der Waals surface area contributed by atoms with E-state index >= 15 is 0 Å². The van der Waals surface area contributed by atoms with Gasteiger partial charge in [0.25, 0.3) is 0 Å². The third kappa shape index (κ3) is 3.06. The molecule has 1 aliphatic carbocycles. The van der Waals surface area contributed by atoms with Gasteiger partial charge in [-0.3, -0.25) is 0 Å². The van der Waals surface area contributed by atoms with Gasteiger partial charge in [-0.2, -0.15) is 26.3 Å². The van der Waals surface area contributed by atoms with Crippen LogP contribution < -0.4 is 0 Å². The predicted molar refractivity (Wildman–Crippen MR) is 37.5 cm³/mol. The number of hydrogen-bond donors (Lipinski definition) is 0. The topological polar surface area (TPSA) is 0 Å². The molecule has 0 nitrogen and oxygen atoms in total. The molecule has 1 rings (SSSR count). The molecule has 0 spiro atoms. The van der Waals surface area contributed by atoms with Crippen LogP contribution in [-0.4, -0.2) is 12.4 Å². The van der Waals surface area contributed by atoms with Crippen LogP contribution in [0.3, 0.4) is 0 Å². The van der Waals surface area contributed by atoms with Crippen molar-refractivity contribution in [2.45, 2.75) is 32.1 Å². The molecule has 0 amide bonds. The van der Waals surface area contributed by atoms with Crippen LogP contribution in [0.5, 0.6) is 0 Å². The standard InChI is InChI=1S/C8H10F6/c1-4(8(12,13)14)6-2-5(6)3-7(9,10)11/h4-6H,2-3H2,1H3. The Morgan fingerprint density at radius 2 is 1.64 bits per heavy atom. The first-order chi connectivity index (χ1) is 6.11. The van der Waals surface area contributed by atoms with Crippen molar-refractivity contribution in [3.63, 3.8) is 0 Å². The summed E-state index contributed by atoms with van der Waals surface area (Å²) in [6.45, 7) is 0.945. The Kier molecular flexibility index (Phi) is 2.75. The van der Waals surface area contributed by atoms with E-state index in [9.17, 15) is 26.3 Å². The Hall–Kier alpha value is -0.420. The van der Waals surface area contributed by atoms with Crippen molar-refractivity contribution >= 4 is 0 Å². The van der Waals surface area contributed by atoms with Crippen molar-refractivity contribution in [2.24, 2.45) is 17.8 Å². The maximum atomic E-state index is 12.1. The molecule has 6 heteroatoms. The fraction of sp³-hybridized carbons (Fsp3) is 1.00. The van der Waals surface area contributed by atoms with Gasteiger partial charge in [0.15, 0.2) is 0 Å². The number of hydrogen-bond acceptors (Lipinski definition) is 0. The molecular weight excluding hydrogens is 210 g/mol. The fourth-order valence-electron chi connectivity index (χ4n) is 1.66. The fourth-order valence-corrected chi connectivity index (χ4v) is 1.66. The quantitative estimate of drug-likeness (QED) is 0.621. The summed E-state index contributed by atoms with van der Waals surface area (Å²) in [6, 6.07) is 0. The molecule has 14 heavy (non-hydrogen) atoms. The summed E-state index contributed by atoms with van der Waals surface area (Å²) in [6.07, 6.45) is -9.76. The molecule has 1 fully saturated rings. The van der Waals surface area contributed by atoms with Gasteiger partial charge in [0, 0.05) is 6.42 Å². The summed E-state index contributed by atoms with van der Waals surface area (Å²) in [5, 5.41) is 0. The summed E-state index contributed by atoms with van der Waals surface area (Å²) in [5.74, 6) is -3.28. The lowest BCUT2D eigenvalue weighted by Gasteiger charge is -2.15. The Morgan fingerprint density at radius 1 is 1.14 bits per heavy atom. The molecular formula is C8H10F6. The van der Waals surface area contributed by atoms with Gasteiger partial charge in [0.1, 0.15) is 0 Å². The van der Waals surface area contributed by atoms with E-state index in [2.05, 4.69) is 0 Å². The van der Waals surface area contributed by atoms with E-state index < -0.39 is 36.5 Å². The van der Waals surface area contributed by atoms with Crippen molar-refractivity contribution in [3.05, 3.63) is 0 Å². The van der Waals surface area contributed by atoms with Gasteiger partial charge in [-0.05, 0) is 18.3 Å². The molecule has 0 bridgehead atoms. The lowest BCUT2D eigenvalue weighted by atomic mass is 10.0. The second kappa shape index (κ2) is 3.31. The predicted octanol–water partition coefficient (Wildman–Crippen LogP) is 3.77. The SMILES string of the molecule is CC(C1CC1CC(F)(F)F)C(F)(F)F. The average Bonchev–Trinajstić information content (AvgIpc) is 2.60. The highest BCUT2D eigenvalue weighted by Gasteiger charge is 2.54. The monoisotopic (exact) mass is 220 g/mol. The largest absolute Gasteiger partial charge is 0.391 e. The number of rotatable bonds is 2. The first kappa shape index (κ1) is 11.7. The molecule has 0 radical (unpaired) electrons.